The number of hydrogen-bond acceptors (Lipinski definition) is 2. The number of H-pyrrole nitrogens is 1. The van der Waals surface area contributed by atoms with Gasteiger partial charge in [-0.1, -0.05) is 67.5 Å². The average molecular weight is 599 g/mol. The van der Waals surface area contributed by atoms with Gasteiger partial charge in [0.1, 0.15) is 0 Å². The maximum Gasteiger partial charge on any atom is 0.0694 e. The van der Waals surface area contributed by atoms with Crippen LogP contribution >= 0.6 is 0 Å². The Bertz CT molecular complexity index is 1950. The van der Waals surface area contributed by atoms with Gasteiger partial charge in [-0.15, -0.1) is 0 Å². The van der Waals surface area contributed by atoms with Gasteiger partial charge in [0.2, 0.25) is 0 Å². The average Bonchev–Trinajstić information content (AvgIpc) is 3.86. The molecule has 3 aromatic rings. The lowest BCUT2D eigenvalue weighted by atomic mass is 9.97. The number of hydrogen-bond donors (Lipinski definition) is 1. The molecule has 1 N–H and O–H groups in total. The van der Waals surface area contributed by atoms with Gasteiger partial charge in [-0.3, -0.25) is 0 Å². The third-order valence-electron chi connectivity index (χ3n) is 10.2. The molecule has 0 amide bonds. The van der Waals surface area contributed by atoms with E-state index in [1.165, 1.54) is 72.3 Å². The van der Waals surface area contributed by atoms with Crippen LogP contribution in [0, 0.1) is 0 Å². The molecular weight excluding hydrogens is 548 g/mol. The number of nitrogens with one attached hydrogen (secondary N) is 1. The summed E-state index contributed by atoms with van der Waals surface area (Å²) in [6, 6.07) is 9.48. The van der Waals surface area contributed by atoms with Gasteiger partial charge in [-0.25, -0.2) is 9.97 Å². The first-order valence-electron chi connectivity index (χ1n) is 17.6. The molecule has 0 spiro atoms. The molecule has 2 aliphatic heterocycles. The first-order chi connectivity index (χ1) is 22.0. The third kappa shape index (κ3) is 5.07. The summed E-state index contributed by atoms with van der Waals surface area (Å²) >= 11 is 0. The number of nitrogens with zero attached hydrogens (tertiary/aromatic N) is 3. The highest BCUT2D eigenvalue weighted by atomic mass is 15.0. The highest BCUT2D eigenvalue weighted by Gasteiger charge is 2.24. The summed E-state index contributed by atoms with van der Waals surface area (Å²) in [4.78, 5) is 14.7. The van der Waals surface area contributed by atoms with Crippen LogP contribution < -0.4 is 0 Å². The molecule has 234 valence electrons. The van der Waals surface area contributed by atoms with E-state index in [4.69, 9.17) is 9.97 Å². The summed E-state index contributed by atoms with van der Waals surface area (Å²) in [6.45, 7) is 18.3. The van der Waals surface area contributed by atoms with Crippen LogP contribution in [0.3, 0.4) is 0 Å². The molecule has 4 nitrogen and oxygen atoms in total. The molecule has 0 saturated carbocycles. The van der Waals surface area contributed by atoms with Gasteiger partial charge < -0.3 is 9.55 Å². The van der Waals surface area contributed by atoms with Gasteiger partial charge in [0, 0.05) is 23.2 Å². The highest BCUT2D eigenvalue weighted by Crippen LogP contribution is 2.40. The smallest absolute Gasteiger partial charge is 0.0694 e. The summed E-state index contributed by atoms with van der Waals surface area (Å²) in [5.74, 6) is 0. The molecule has 4 heteroatoms. The first-order valence-corrected chi connectivity index (χ1v) is 17.6. The summed E-state index contributed by atoms with van der Waals surface area (Å²) in [5, 5.41) is 0. The highest BCUT2D eigenvalue weighted by molar-refractivity contribution is 5.96. The molecule has 3 aromatic heterocycles. The summed E-state index contributed by atoms with van der Waals surface area (Å²) in [5.41, 5.74) is 21.9. The molecule has 1 aliphatic carbocycles. The number of aryl methyl sites for hydroxylation is 4. The van der Waals surface area contributed by atoms with Crippen molar-refractivity contribution < 1.29 is 0 Å². The zero-order valence-corrected chi connectivity index (χ0v) is 28.7. The Labute approximate surface area is 269 Å². The molecule has 3 aliphatic rings. The number of aromatic amines is 1. The van der Waals surface area contributed by atoms with Crippen molar-refractivity contribution >= 4 is 50.1 Å². The predicted molar refractivity (Wildman–Crippen MR) is 195 cm³/mol. The Morgan fingerprint density at radius 3 is 1.42 bits per heavy atom. The van der Waals surface area contributed by atoms with Gasteiger partial charge in [-0.2, -0.15) is 0 Å². The second-order valence-electron chi connectivity index (χ2n) is 12.3. The minimum Gasteiger partial charge on any atom is -0.355 e. The fourth-order valence-electron chi connectivity index (χ4n) is 8.12. The van der Waals surface area contributed by atoms with Crippen LogP contribution in [-0.4, -0.2) is 19.5 Å². The van der Waals surface area contributed by atoms with Crippen LogP contribution in [0.15, 0.2) is 42.5 Å². The van der Waals surface area contributed by atoms with E-state index in [2.05, 4.69) is 107 Å². The van der Waals surface area contributed by atoms with Crippen molar-refractivity contribution in [1.82, 2.24) is 19.5 Å². The summed E-state index contributed by atoms with van der Waals surface area (Å²) < 4.78 is 2.55. The molecule has 0 saturated heterocycles. The molecule has 0 radical (unpaired) electrons. The maximum atomic E-state index is 5.42. The van der Waals surface area contributed by atoms with Crippen molar-refractivity contribution in [3.05, 3.63) is 87.5 Å². The Hall–Kier alpha value is -3.92. The van der Waals surface area contributed by atoms with E-state index >= 15 is 0 Å². The fourth-order valence-corrected chi connectivity index (χ4v) is 8.12. The van der Waals surface area contributed by atoms with Crippen molar-refractivity contribution in [2.45, 2.75) is 113 Å². The van der Waals surface area contributed by atoms with Crippen LogP contribution in [-0.2, 0) is 25.7 Å². The van der Waals surface area contributed by atoms with E-state index in [-0.39, 0.29) is 0 Å². The lowest BCUT2D eigenvalue weighted by molar-refractivity contribution is 1.07. The van der Waals surface area contributed by atoms with E-state index in [0.29, 0.717) is 0 Å². The van der Waals surface area contributed by atoms with Crippen LogP contribution in [0.5, 0.6) is 0 Å². The Morgan fingerprint density at radius 2 is 0.978 bits per heavy atom. The standard InChI is InChI=1S/C41H50N4/c1-9-26-27(10-2)35-22-37-29(12-4)31(14-6)39(44-37)24-41-33(16-8)32(15-7)40(45(41)25-19-17-18-20-25)23-38-30(13-5)28(11-3)36(43-38)21-34(26)42-35/h17-19,21-24,43H,9-16,20H2,1-8H3. The van der Waals surface area contributed by atoms with Crippen molar-refractivity contribution in [1.29, 1.82) is 0 Å². The molecule has 0 fully saturated rings. The largest absolute Gasteiger partial charge is 0.355 e. The molecule has 6 rings (SSSR count). The van der Waals surface area contributed by atoms with Crippen molar-refractivity contribution in [2.24, 2.45) is 0 Å². The van der Waals surface area contributed by atoms with Crippen LogP contribution in [0.2, 0.25) is 0 Å². The molecule has 5 heterocycles. The summed E-state index contributed by atoms with van der Waals surface area (Å²) in [6.07, 6.45) is 15.5. The van der Waals surface area contributed by atoms with Gasteiger partial charge in [-0.05, 0) is 126 Å². The predicted octanol–water partition coefficient (Wildman–Crippen LogP) is 11.3. The first kappa shape index (κ1) is 31.1. The lowest BCUT2D eigenvalue weighted by Gasteiger charge is -2.09. The van der Waals surface area contributed by atoms with Crippen LogP contribution in [0.25, 0.3) is 50.1 Å². The molecule has 8 bridgehead atoms. The molecule has 0 atom stereocenters. The molecule has 0 unspecified atom stereocenters. The number of rotatable bonds is 9. The van der Waals surface area contributed by atoms with Gasteiger partial charge in [0.15, 0.2) is 0 Å². The van der Waals surface area contributed by atoms with E-state index in [1.54, 1.807) is 0 Å². The minimum absolute atomic E-state index is 0.935. The Kier molecular flexibility index (Phi) is 8.86. The second kappa shape index (κ2) is 12.8. The van der Waals surface area contributed by atoms with E-state index in [9.17, 15) is 0 Å². The van der Waals surface area contributed by atoms with Crippen molar-refractivity contribution in [3.8, 4) is 0 Å². The number of fused-ring (bicyclic) bond motifs is 8. The SMILES string of the molecule is CCC1=C(CC)c2cc3[nH]c(cc4c(CC)c(CC)c(cc5nc(cc1n2)C(CC)=C5CC)n4C1=CC=CC1)c(CC)c3CC. The zero-order valence-electron chi connectivity index (χ0n) is 28.7. The molecular formula is C41H50N4. The number of allylic oxidation sites excluding steroid dienone is 8. The Morgan fingerprint density at radius 1 is 0.533 bits per heavy atom. The van der Waals surface area contributed by atoms with Crippen molar-refractivity contribution in [2.75, 3.05) is 0 Å². The number of aromatic nitrogens is 4. The third-order valence-corrected chi connectivity index (χ3v) is 10.2. The van der Waals surface area contributed by atoms with E-state index in [1.807, 2.05) is 0 Å². The monoisotopic (exact) mass is 598 g/mol. The quantitative estimate of drug-likeness (QED) is 0.266. The van der Waals surface area contributed by atoms with Crippen LogP contribution in [0.4, 0.5) is 0 Å². The van der Waals surface area contributed by atoms with Crippen LogP contribution in [0.1, 0.15) is 133 Å². The lowest BCUT2D eigenvalue weighted by Crippen LogP contribution is -1.96. The molecule has 45 heavy (non-hydrogen) atoms. The zero-order chi connectivity index (χ0) is 31.8. The maximum absolute atomic E-state index is 5.42. The van der Waals surface area contributed by atoms with Gasteiger partial charge in [0.05, 0.1) is 33.8 Å². The van der Waals surface area contributed by atoms with Gasteiger partial charge >= 0.3 is 0 Å². The van der Waals surface area contributed by atoms with Gasteiger partial charge in [0.25, 0.3) is 0 Å². The summed E-state index contributed by atoms with van der Waals surface area (Å²) in [7, 11) is 0. The fraction of sp³-hybridized carbons (Fsp3) is 0.415. The van der Waals surface area contributed by atoms with Crippen molar-refractivity contribution in [3.63, 3.8) is 0 Å². The van der Waals surface area contributed by atoms with E-state index < -0.39 is 0 Å². The molecule has 0 aromatic carbocycles. The topological polar surface area (TPSA) is 46.5 Å². The normalized spacial score (nSPS) is 14.7. The minimum atomic E-state index is 0.935. The van der Waals surface area contributed by atoms with E-state index in [0.717, 1.165) is 80.6 Å². The Balaban J connectivity index is 1.90. The second-order valence-corrected chi connectivity index (χ2v) is 12.3.